The van der Waals surface area contributed by atoms with Crippen molar-refractivity contribution in [1.82, 2.24) is 0 Å². The molecule has 0 bridgehead atoms. The molecule has 0 aliphatic carbocycles. The number of nitriles is 1. The van der Waals surface area contributed by atoms with E-state index in [2.05, 4.69) is 10.8 Å². The molecule has 0 atom stereocenters. The van der Waals surface area contributed by atoms with Crippen LogP contribution in [0.3, 0.4) is 0 Å². The van der Waals surface area contributed by atoms with Gasteiger partial charge < -0.3 is 4.74 Å². The molecule has 21 heavy (non-hydrogen) atoms. The zero-order chi connectivity index (χ0) is 15.5. The second-order valence-electron chi connectivity index (χ2n) is 4.52. The van der Waals surface area contributed by atoms with Gasteiger partial charge in [-0.1, -0.05) is 36.4 Å². The van der Waals surface area contributed by atoms with Gasteiger partial charge in [-0.15, -0.1) is 13.2 Å². The normalized spacial score (nSPS) is 11.0. The Morgan fingerprint density at radius 3 is 2.48 bits per heavy atom. The summed E-state index contributed by atoms with van der Waals surface area (Å²) in [6, 6.07) is 13.2. The summed E-state index contributed by atoms with van der Waals surface area (Å²) in [5.74, 6) is -0.238. The van der Waals surface area contributed by atoms with Crippen LogP contribution in [0.15, 0.2) is 42.5 Å². The SMILES string of the molecule is Cc1cc(-c2ccccc2OC(F)(F)F)ccc1CC#N. The smallest absolute Gasteiger partial charge is 0.405 e. The maximum atomic E-state index is 12.4. The Balaban J connectivity index is 2.43. The summed E-state index contributed by atoms with van der Waals surface area (Å²) in [4.78, 5) is 0. The topological polar surface area (TPSA) is 33.0 Å². The quantitative estimate of drug-likeness (QED) is 0.826. The van der Waals surface area contributed by atoms with Crippen LogP contribution in [0.1, 0.15) is 11.1 Å². The van der Waals surface area contributed by atoms with Crippen LogP contribution < -0.4 is 4.74 Å². The molecular weight excluding hydrogens is 279 g/mol. The maximum absolute atomic E-state index is 12.4. The van der Waals surface area contributed by atoms with Gasteiger partial charge in [-0.05, 0) is 29.7 Å². The molecule has 0 unspecified atom stereocenters. The summed E-state index contributed by atoms with van der Waals surface area (Å²) < 4.78 is 41.3. The lowest BCUT2D eigenvalue weighted by Gasteiger charge is -2.14. The van der Waals surface area contributed by atoms with Crippen LogP contribution in [0.4, 0.5) is 13.2 Å². The van der Waals surface area contributed by atoms with Gasteiger partial charge in [0, 0.05) is 5.56 Å². The predicted octanol–water partition coefficient (Wildman–Crippen LogP) is 4.63. The van der Waals surface area contributed by atoms with Crippen LogP contribution in [-0.4, -0.2) is 6.36 Å². The zero-order valence-electron chi connectivity index (χ0n) is 11.2. The highest BCUT2D eigenvalue weighted by molar-refractivity contribution is 5.71. The molecule has 0 aromatic heterocycles. The minimum Gasteiger partial charge on any atom is -0.405 e. The van der Waals surface area contributed by atoms with Gasteiger partial charge in [0.1, 0.15) is 5.75 Å². The molecule has 2 rings (SSSR count). The number of para-hydroxylation sites is 1. The third kappa shape index (κ3) is 3.76. The molecule has 0 aliphatic heterocycles. The van der Waals surface area contributed by atoms with E-state index in [-0.39, 0.29) is 12.2 Å². The molecule has 0 fully saturated rings. The molecule has 5 heteroatoms. The third-order valence-electron chi connectivity index (χ3n) is 3.04. The van der Waals surface area contributed by atoms with Gasteiger partial charge in [-0.2, -0.15) is 5.26 Å². The molecule has 2 nitrogen and oxygen atoms in total. The Bertz CT molecular complexity index is 687. The van der Waals surface area contributed by atoms with E-state index in [0.29, 0.717) is 11.1 Å². The van der Waals surface area contributed by atoms with Crippen molar-refractivity contribution in [3.05, 3.63) is 53.6 Å². The average molecular weight is 291 g/mol. The van der Waals surface area contributed by atoms with Crippen LogP contribution in [0.25, 0.3) is 11.1 Å². The minimum absolute atomic E-state index is 0.238. The van der Waals surface area contributed by atoms with Crippen LogP contribution in [0, 0.1) is 18.3 Å². The predicted molar refractivity (Wildman–Crippen MR) is 72.6 cm³/mol. The van der Waals surface area contributed by atoms with Crippen molar-refractivity contribution < 1.29 is 17.9 Å². The number of ether oxygens (including phenoxy) is 1. The van der Waals surface area contributed by atoms with Gasteiger partial charge in [0.2, 0.25) is 0 Å². The summed E-state index contributed by atoms with van der Waals surface area (Å²) in [6.45, 7) is 1.82. The molecule has 0 amide bonds. The first-order valence-corrected chi connectivity index (χ1v) is 6.22. The molecule has 0 spiro atoms. The van der Waals surface area contributed by atoms with Gasteiger partial charge in [0.05, 0.1) is 12.5 Å². The van der Waals surface area contributed by atoms with E-state index in [9.17, 15) is 13.2 Å². The number of benzene rings is 2. The van der Waals surface area contributed by atoms with Crippen LogP contribution >= 0.6 is 0 Å². The fraction of sp³-hybridized carbons (Fsp3) is 0.188. The number of alkyl halides is 3. The third-order valence-corrected chi connectivity index (χ3v) is 3.04. The van der Waals surface area contributed by atoms with Crippen molar-refractivity contribution in [3.8, 4) is 22.9 Å². The van der Waals surface area contributed by atoms with Crippen molar-refractivity contribution >= 4 is 0 Å². The number of hydrogen-bond acceptors (Lipinski definition) is 2. The Hall–Kier alpha value is -2.48. The molecular formula is C16H12F3NO. The first-order chi connectivity index (χ1) is 9.90. The Labute approximate surface area is 120 Å². The Morgan fingerprint density at radius 2 is 1.86 bits per heavy atom. The van der Waals surface area contributed by atoms with E-state index in [0.717, 1.165) is 11.1 Å². The van der Waals surface area contributed by atoms with E-state index < -0.39 is 6.36 Å². The van der Waals surface area contributed by atoms with Crippen molar-refractivity contribution in [3.63, 3.8) is 0 Å². The second-order valence-corrected chi connectivity index (χ2v) is 4.52. The zero-order valence-corrected chi connectivity index (χ0v) is 11.2. The van der Waals surface area contributed by atoms with Gasteiger partial charge in [0.25, 0.3) is 0 Å². The minimum atomic E-state index is -4.73. The van der Waals surface area contributed by atoms with Gasteiger partial charge in [0.15, 0.2) is 0 Å². The van der Waals surface area contributed by atoms with Crippen LogP contribution in [0.5, 0.6) is 5.75 Å². The monoisotopic (exact) mass is 291 g/mol. The number of hydrogen-bond donors (Lipinski definition) is 0. The van der Waals surface area contributed by atoms with Gasteiger partial charge >= 0.3 is 6.36 Å². The van der Waals surface area contributed by atoms with Crippen LogP contribution in [-0.2, 0) is 6.42 Å². The summed E-state index contributed by atoms with van der Waals surface area (Å²) in [5, 5.41) is 8.71. The van der Waals surface area contributed by atoms with E-state index in [4.69, 9.17) is 5.26 Å². The highest BCUT2D eigenvalue weighted by Gasteiger charge is 2.32. The summed E-state index contributed by atoms with van der Waals surface area (Å²) in [7, 11) is 0. The van der Waals surface area contributed by atoms with E-state index in [1.54, 1.807) is 30.3 Å². The standard InChI is InChI=1S/C16H12F3NO/c1-11-10-13(7-6-12(11)8-9-20)14-4-2-3-5-15(14)21-16(17,18)19/h2-7,10H,8H2,1H3. The Kier molecular flexibility index (Phi) is 4.18. The van der Waals surface area contributed by atoms with Crippen molar-refractivity contribution in [1.29, 1.82) is 5.26 Å². The van der Waals surface area contributed by atoms with Gasteiger partial charge in [-0.25, -0.2) is 0 Å². The summed E-state index contributed by atoms with van der Waals surface area (Å²) in [5.41, 5.74) is 2.70. The molecule has 0 saturated heterocycles. The number of rotatable bonds is 3. The molecule has 0 heterocycles. The lowest BCUT2D eigenvalue weighted by molar-refractivity contribution is -0.274. The second kappa shape index (κ2) is 5.88. The lowest BCUT2D eigenvalue weighted by Crippen LogP contribution is -2.17. The van der Waals surface area contributed by atoms with Crippen molar-refractivity contribution in [2.45, 2.75) is 19.7 Å². The van der Waals surface area contributed by atoms with Gasteiger partial charge in [-0.3, -0.25) is 0 Å². The average Bonchev–Trinajstić information content (AvgIpc) is 2.40. The molecule has 0 aliphatic rings. The Morgan fingerprint density at radius 1 is 1.14 bits per heavy atom. The van der Waals surface area contributed by atoms with E-state index >= 15 is 0 Å². The fourth-order valence-corrected chi connectivity index (χ4v) is 2.07. The van der Waals surface area contributed by atoms with Crippen LogP contribution in [0.2, 0.25) is 0 Å². The molecule has 0 N–H and O–H groups in total. The number of aryl methyl sites for hydroxylation is 1. The first kappa shape index (κ1) is 14.9. The van der Waals surface area contributed by atoms with E-state index in [1.165, 1.54) is 12.1 Å². The molecule has 0 saturated carbocycles. The number of nitrogens with zero attached hydrogens (tertiary/aromatic N) is 1. The number of halogens is 3. The lowest BCUT2D eigenvalue weighted by atomic mass is 9.98. The van der Waals surface area contributed by atoms with Crippen molar-refractivity contribution in [2.75, 3.05) is 0 Å². The fourth-order valence-electron chi connectivity index (χ4n) is 2.07. The molecule has 108 valence electrons. The molecule has 2 aromatic carbocycles. The molecule has 0 radical (unpaired) electrons. The summed E-state index contributed by atoms with van der Waals surface area (Å²) >= 11 is 0. The maximum Gasteiger partial charge on any atom is 0.573 e. The highest BCUT2D eigenvalue weighted by atomic mass is 19.4. The van der Waals surface area contributed by atoms with E-state index in [1.807, 2.05) is 6.92 Å². The summed E-state index contributed by atoms with van der Waals surface area (Å²) in [6.07, 6.45) is -4.46. The highest BCUT2D eigenvalue weighted by Crippen LogP contribution is 2.34. The van der Waals surface area contributed by atoms with Crippen molar-refractivity contribution in [2.24, 2.45) is 0 Å². The largest absolute Gasteiger partial charge is 0.573 e. The molecule has 2 aromatic rings. The first-order valence-electron chi connectivity index (χ1n) is 6.22.